The number of benzene rings is 1. The first-order valence-corrected chi connectivity index (χ1v) is 7.97. The fourth-order valence-corrected chi connectivity index (χ4v) is 3.09. The number of nitrogens with zero attached hydrogens (tertiary/aromatic N) is 2. The molecule has 0 radical (unpaired) electrons. The smallest absolute Gasteiger partial charge is 0.250 e. The van der Waals surface area contributed by atoms with E-state index in [1.54, 1.807) is 6.07 Å². The Labute approximate surface area is 124 Å². The van der Waals surface area contributed by atoms with Gasteiger partial charge in [-0.2, -0.15) is 0 Å². The third-order valence-electron chi connectivity index (χ3n) is 3.36. The number of amides is 1. The van der Waals surface area contributed by atoms with Crippen molar-refractivity contribution >= 4 is 21.6 Å². The predicted octanol–water partition coefficient (Wildman–Crippen LogP) is -0.128. The maximum atomic E-state index is 12.1. The summed E-state index contributed by atoms with van der Waals surface area (Å²) in [6.45, 7) is 2.41. The van der Waals surface area contributed by atoms with E-state index in [1.807, 2.05) is 4.90 Å². The molecule has 2 N–H and O–H groups in total. The Hall–Kier alpha value is -1.64. The van der Waals surface area contributed by atoms with Gasteiger partial charge in [0.1, 0.15) is 0 Å². The molecule has 2 rings (SSSR count). The van der Waals surface area contributed by atoms with E-state index in [2.05, 4.69) is 0 Å². The van der Waals surface area contributed by atoms with Crippen molar-refractivity contribution in [2.45, 2.75) is 4.90 Å². The van der Waals surface area contributed by atoms with Crippen molar-refractivity contribution in [2.75, 3.05) is 45.3 Å². The van der Waals surface area contributed by atoms with Gasteiger partial charge in [0.25, 0.3) is 5.91 Å². The maximum absolute atomic E-state index is 12.1. The summed E-state index contributed by atoms with van der Waals surface area (Å²) < 4.78 is 30.6. The van der Waals surface area contributed by atoms with E-state index in [9.17, 15) is 13.2 Å². The van der Waals surface area contributed by atoms with Crippen LogP contribution < -0.4 is 10.6 Å². The van der Waals surface area contributed by atoms with Crippen molar-refractivity contribution in [2.24, 2.45) is 5.73 Å². The highest BCUT2D eigenvalue weighted by atomic mass is 32.2. The van der Waals surface area contributed by atoms with Gasteiger partial charge in [0.15, 0.2) is 0 Å². The second-order valence-electron chi connectivity index (χ2n) is 4.93. The number of primary amides is 1. The molecule has 0 aromatic heterocycles. The van der Waals surface area contributed by atoms with E-state index in [0.29, 0.717) is 32.0 Å². The van der Waals surface area contributed by atoms with Gasteiger partial charge in [-0.3, -0.25) is 4.79 Å². The predicted molar refractivity (Wildman–Crippen MR) is 78.9 cm³/mol. The number of hydrogen-bond acceptors (Lipinski definition) is 5. The molecule has 1 aliphatic heterocycles. The van der Waals surface area contributed by atoms with Gasteiger partial charge in [0.05, 0.1) is 23.7 Å². The Morgan fingerprint density at radius 3 is 2.43 bits per heavy atom. The van der Waals surface area contributed by atoms with Gasteiger partial charge in [-0.25, -0.2) is 12.7 Å². The molecular formula is C13H19N3O4S. The van der Waals surface area contributed by atoms with Crippen LogP contribution in [0.3, 0.4) is 0 Å². The van der Waals surface area contributed by atoms with Crippen LogP contribution in [-0.4, -0.2) is 59.0 Å². The van der Waals surface area contributed by atoms with E-state index in [-0.39, 0.29) is 10.5 Å². The van der Waals surface area contributed by atoms with Crippen molar-refractivity contribution in [3.05, 3.63) is 23.8 Å². The van der Waals surface area contributed by atoms with Gasteiger partial charge >= 0.3 is 0 Å². The molecule has 1 saturated heterocycles. The van der Waals surface area contributed by atoms with E-state index in [4.69, 9.17) is 10.5 Å². The molecule has 0 spiro atoms. The molecule has 0 atom stereocenters. The van der Waals surface area contributed by atoms with Gasteiger partial charge in [-0.15, -0.1) is 0 Å². The Bertz CT molecular complexity index is 637. The molecule has 1 aliphatic rings. The fraction of sp³-hybridized carbons (Fsp3) is 0.462. The average Bonchev–Trinajstić information content (AvgIpc) is 2.47. The van der Waals surface area contributed by atoms with Crippen molar-refractivity contribution in [3.63, 3.8) is 0 Å². The molecule has 21 heavy (non-hydrogen) atoms. The van der Waals surface area contributed by atoms with Crippen molar-refractivity contribution in [3.8, 4) is 0 Å². The Balaban J connectivity index is 2.47. The molecule has 1 fully saturated rings. The summed E-state index contributed by atoms with van der Waals surface area (Å²) in [5.41, 5.74) is 6.25. The van der Waals surface area contributed by atoms with E-state index in [1.165, 1.54) is 26.2 Å². The van der Waals surface area contributed by atoms with Crippen LogP contribution in [0.15, 0.2) is 23.1 Å². The number of carbonyl (C=O) groups excluding carboxylic acids is 1. The zero-order valence-electron chi connectivity index (χ0n) is 12.1. The normalized spacial score (nSPS) is 16.2. The zero-order valence-corrected chi connectivity index (χ0v) is 12.9. The molecule has 116 valence electrons. The first-order chi connectivity index (χ1) is 9.84. The van der Waals surface area contributed by atoms with Gasteiger partial charge in [0.2, 0.25) is 10.0 Å². The molecule has 7 nitrogen and oxygen atoms in total. The number of nitrogens with two attached hydrogens (primary N) is 1. The molecule has 0 saturated carbocycles. The standard InChI is InChI=1S/C13H19N3O4S/c1-15(2)21(18,19)10-3-4-12(11(9-10)13(14)17)16-5-7-20-8-6-16/h3-4,9H,5-8H2,1-2H3,(H2,14,17). The highest BCUT2D eigenvalue weighted by molar-refractivity contribution is 7.89. The van der Waals surface area contributed by atoms with Crippen LogP contribution in [0.5, 0.6) is 0 Å². The summed E-state index contributed by atoms with van der Waals surface area (Å²) in [4.78, 5) is 13.7. The minimum Gasteiger partial charge on any atom is -0.378 e. The molecule has 1 aromatic rings. The van der Waals surface area contributed by atoms with Crippen LogP contribution in [0.4, 0.5) is 5.69 Å². The number of sulfonamides is 1. The summed E-state index contributed by atoms with van der Waals surface area (Å²) >= 11 is 0. The third-order valence-corrected chi connectivity index (χ3v) is 5.17. The lowest BCUT2D eigenvalue weighted by molar-refractivity contribution is 0.0998. The van der Waals surface area contributed by atoms with Crippen LogP contribution in [0.1, 0.15) is 10.4 Å². The number of anilines is 1. The van der Waals surface area contributed by atoms with Crippen molar-refractivity contribution in [1.29, 1.82) is 0 Å². The van der Waals surface area contributed by atoms with Gasteiger partial charge in [-0.05, 0) is 18.2 Å². The van der Waals surface area contributed by atoms with Crippen LogP contribution in [0, 0.1) is 0 Å². The quantitative estimate of drug-likeness (QED) is 0.836. The summed E-state index contributed by atoms with van der Waals surface area (Å²) in [7, 11) is -0.719. The van der Waals surface area contributed by atoms with Crippen molar-refractivity contribution < 1.29 is 17.9 Å². The monoisotopic (exact) mass is 313 g/mol. The summed E-state index contributed by atoms with van der Waals surface area (Å²) in [5.74, 6) is -0.646. The second kappa shape index (κ2) is 6.00. The summed E-state index contributed by atoms with van der Waals surface area (Å²) in [5, 5.41) is 0. The largest absolute Gasteiger partial charge is 0.378 e. The van der Waals surface area contributed by atoms with Gasteiger partial charge in [0, 0.05) is 32.9 Å². The van der Waals surface area contributed by atoms with Crippen LogP contribution in [0.2, 0.25) is 0 Å². The van der Waals surface area contributed by atoms with Gasteiger partial charge in [-0.1, -0.05) is 0 Å². The van der Waals surface area contributed by atoms with E-state index in [0.717, 1.165) is 4.31 Å². The van der Waals surface area contributed by atoms with Crippen molar-refractivity contribution in [1.82, 2.24) is 4.31 Å². The molecule has 1 heterocycles. The van der Waals surface area contributed by atoms with Gasteiger partial charge < -0.3 is 15.4 Å². The minimum absolute atomic E-state index is 0.0540. The van der Waals surface area contributed by atoms with Crippen LogP contribution >= 0.6 is 0 Å². The molecular weight excluding hydrogens is 294 g/mol. The molecule has 0 aliphatic carbocycles. The lowest BCUT2D eigenvalue weighted by atomic mass is 10.1. The molecule has 1 aromatic carbocycles. The topological polar surface area (TPSA) is 92.9 Å². The second-order valence-corrected chi connectivity index (χ2v) is 7.08. The van der Waals surface area contributed by atoms with E-state index >= 15 is 0 Å². The highest BCUT2D eigenvalue weighted by Gasteiger charge is 2.23. The Kier molecular flexibility index (Phi) is 4.50. The van der Waals surface area contributed by atoms with Crippen LogP contribution in [0.25, 0.3) is 0 Å². The number of carbonyl (C=O) groups is 1. The Morgan fingerprint density at radius 1 is 1.29 bits per heavy atom. The molecule has 0 unspecified atom stereocenters. The number of morpholine rings is 1. The average molecular weight is 313 g/mol. The highest BCUT2D eigenvalue weighted by Crippen LogP contribution is 2.25. The maximum Gasteiger partial charge on any atom is 0.250 e. The first-order valence-electron chi connectivity index (χ1n) is 6.53. The fourth-order valence-electron chi connectivity index (χ4n) is 2.16. The Morgan fingerprint density at radius 2 is 1.90 bits per heavy atom. The zero-order chi connectivity index (χ0) is 15.6. The number of ether oxygens (including phenoxy) is 1. The summed E-state index contributed by atoms with van der Waals surface area (Å²) in [6, 6.07) is 4.46. The molecule has 1 amide bonds. The lowest BCUT2D eigenvalue weighted by Crippen LogP contribution is -2.37. The minimum atomic E-state index is -3.60. The third kappa shape index (κ3) is 3.17. The first kappa shape index (κ1) is 15.7. The molecule has 8 heteroatoms. The SMILES string of the molecule is CN(C)S(=O)(=O)c1ccc(N2CCOCC2)c(C(N)=O)c1. The van der Waals surface area contributed by atoms with Crippen LogP contribution in [-0.2, 0) is 14.8 Å². The number of hydrogen-bond donors (Lipinski definition) is 1. The number of rotatable bonds is 4. The van der Waals surface area contributed by atoms with E-state index < -0.39 is 15.9 Å². The lowest BCUT2D eigenvalue weighted by Gasteiger charge is -2.30. The summed E-state index contributed by atoms with van der Waals surface area (Å²) in [6.07, 6.45) is 0. The molecule has 0 bridgehead atoms.